The first-order valence-corrected chi connectivity index (χ1v) is 9.94. The highest BCUT2D eigenvalue weighted by Crippen LogP contribution is 2.29. The average Bonchev–Trinajstić information content (AvgIpc) is 3.20. The Labute approximate surface area is 166 Å². The summed E-state index contributed by atoms with van der Waals surface area (Å²) in [6.45, 7) is 4.29. The van der Waals surface area contributed by atoms with Crippen LogP contribution < -0.4 is 4.90 Å². The number of aromatic nitrogens is 1. The molecule has 0 unspecified atom stereocenters. The minimum Gasteiger partial charge on any atom is -0.288 e. The lowest BCUT2D eigenvalue weighted by molar-refractivity contribution is -0.118. The van der Waals surface area contributed by atoms with Gasteiger partial charge in [0.2, 0.25) is 5.91 Å². The smallest absolute Gasteiger partial charge is 0.261 e. The number of hydrogen-bond acceptors (Lipinski definition) is 5. The van der Waals surface area contributed by atoms with Crippen molar-refractivity contribution in [2.45, 2.75) is 20.3 Å². The standard InChI is InChI=1S/C21H19N3O3S/c1-3-23(21-22-16-6-4-5-7-17(16)28-21)18(25)10-11-24-19(26)14-9-8-13(2)12-15(14)20(24)27/h4-9,12H,3,10-11H2,1-2H3. The third-order valence-electron chi connectivity index (χ3n) is 4.81. The predicted octanol–water partition coefficient (Wildman–Crippen LogP) is 3.64. The Balaban J connectivity index is 1.49. The van der Waals surface area contributed by atoms with E-state index >= 15 is 0 Å². The fourth-order valence-electron chi connectivity index (χ4n) is 3.34. The van der Waals surface area contributed by atoms with Crippen LogP contribution in [0.3, 0.4) is 0 Å². The number of thiazole rings is 1. The van der Waals surface area contributed by atoms with Crippen molar-refractivity contribution >= 4 is 44.4 Å². The number of imide groups is 1. The Morgan fingerprint density at radius 1 is 1.11 bits per heavy atom. The third-order valence-corrected chi connectivity index (χ3v) is 5.87. The molecule has 6 nitrogen and oxygen atoms in total. The Bertz CT molecular complexity index is 1070. The maximum Gasteiger partial charge on any atom is 0.261 e. The largest absolute Gasteiger partial charge is 0.288 e. The fourth-order valence-corrected chi connectivity index (χ4v) is 4.39. The van der Waals surface area contributed by atoms with Crippen molar-refractivity contribution in [3.63, 3.8) is 0 Å². The second-order valence-corrected chi connectivity index (χ2v) is 7.67. The second-order valence-electron chi connectivity index (χ2n) is 6.66. The molecular weight excluding hydrogens is 374 g/mol. The van der Waals surface area contributed by atoms with Crippen LogP contribution in [0.15, 0.2) is 42.5 Å². The molecule has 1 aliphatic rings. The van der Waals surface area contributed by atoms with Crippen molar-refractivity contribution in [3.05, 3.63) is 59.2 Å². The number of carbonyl (C=O) groups is 3. The highest BCUT2D eigenvalue weighted by Gasteiger charge is 2.35. The number of benzene rings is 2. The fraction of sp³-hybridized carbons (Fsp3) is 0.238. The number of anilines is 1. The first-order valence-electron chi connectivity index (χ1n) is 9.12. The Hall–Kier alpha value is -3.06. The van der Waals surface area contributed by atoms with Gasteiger partial charge in [0, 0.05) is 19.5 Å². The minimum absolute atomic E-state index is 0.0611. The van der Waals surface area contributed by atoms with Gasteiger partial charge in [-0.1, -0.05) is 35.1 Å². The second kappa shape index (κ2) is 7.16. The summed E-state index contributed by atoms with van der Waals surface area (Å²) >= 11 is 1.46. The summed E-state index contributed by atoms with van der Waals surface area (Å²) in [5, 5.41) is 0.631. The SMILES string of the molecule is CCN(C(=O)CCN1C(=O)c2ccc(C)cc2C1=O)c1nc2ccccc2s1. The summed E-state index contributed by atoms with van der Waals surface area (Å²) in [6, 6.07) is 12.9. The molecule has 0 N–H and O–H groups in total. The van der Waals surface area contributed by atoms with Crippen molar-refractivity contribution in [2.75, 3.05) is 18.0 Å². The van der Waals surface area contributed by atoms with Gasteiger partial charge in [0.25, 0.3) is 11.8 Å². The maximum atomic E-state index is 12.8. The van der Waals surface area contributed by atoms with Gasteiger partial charge in [-0.25, -0.2) is 4.98 Å². The molecule has 0 bridgehead atoms. The molecular formula is C21H19N3O3S. The number of fused-ring (bicyclic) bond motifs is 2. The number of nitrogens with zero attached hydrogens (tertiary/aromatic N) is 3. The summed E-state index contributed by atoms with van der Waals surface area (Å²) in [6.07, 6.45) is 0.0637. The molecule has 142 valence electrons. The summed E-state index contributed by atoms with van der Waals surface area (Å²) in [4.78, 5) is 45.2. The van der Waals surface area contributed by atoms with E-state index in [2.05, 4.69) is 4.98 Å². The molecule has 0 saturated heterocycles. The van der Waals surface area contributed by atoms with E-state index < -0.39 is 0 Å². The van der Waals surface area contributed by atoms with Crippen molar-refractivity contribution in [3.8, 4) is 0 Å². The zero-order valence-corrected chi connectivity index (χ0v) is 16.5. The molecule has 1 aromatic heterocycles. The summed E-state index contributed by atoms with van der Waals surface area (Å²) in [7, 11) is 0. The first-order chi connectivity index (χ1) is 13.5. The summed E-state index contributed by atoms with van der Waals surface area (Å²) < 4.78 is 1.01. The zero-order valence-electron chi connectivity index (χ0n) is 15.6. The molecule has 2 aromatic carbocycles. The minimum atomic E-state index is -0.337. The first kappa shape index (κ1) is 18.3. The zero-order chi connectivity index (χ0) is 19.8. The van der Waals surface area contributed by atoms with Gasteiger partial charge in [-0.3, -0.25) is 24.2 Å². The number of amides is 3. The van der Waals surface area contributed by atoms with E-state index in [0.29, 0.717) is 22.8 Å². The van der Waals surface area contributed by atoms with E-state index in [1.54, 1.807) is 17.0 Å². The van der Waals surface area contributed by atoms with Gasteiger partial charge >= 0.3 is 0 Å². The monoisotopic (exact) mass is 393 g/mol. The predicted molar refractivity (Wildman–Crippen MR) is 109 cm³/mol. The lowest BCUT2D eigenvalue weighted by Gasteiger charge is -2.19. The average molecular weight is 393 g/mol. The van der Waals surface area contributed by atoms with Gasteiger partial charge in [0.15, 0.2) is 5.13 Å². The van der Waals surface area contributed by atoms with Crippen LogP contribution in [0.1, 0.15) is 39.6 Å². The van der Waals surface area contributed by atoms with Gasteiger partial charge in [0.05, 0.1) is 21.3 Å². The van der Waals surface area contributed by atoms with Crippen LogP contribution in [0.25, 0.3) is 10.2 Å². The van der Waals surface area contributed by atoms with E-state index in [4.69, 9.17) is 0 Å². The molecule has 0 atom stereocenters. The van der Waals surface area contributed by atoms with Gasteiger partial charge in [-0.05, 0) is 38.1 Å². The quantitative estimate of drug-likeness (QED) is 0.621. The van der Waals surface area contributed by atoms with E-state index in [-0.39, 0.29) is 30.7 Å². The van der Waals surface area contributed by atoms with Crippen molar-refractivity contribution in [1.29, 1.82) is 0 Å². The van der Waals surface area contributed by atoms with Crippen LogP contribution in [0, 0.1) is 6.92 Å². The molecule has 1 aliphatic heterocycles. The van der Waals surface area contributed by atoms with Crippen molar-refractivity contribution in [1.82, 2.24) is 9.88 Å². The summed E-state index contributed by atoms with van der Waals surface area (Å²) in [5.41, 5.74) is 2.59. The number of para-hydroxylation sites is 1. The number of rotatable bonds is 5. The summed E-state index contributed by atoms with van der Waals surface area (Å²) in [5.74, 6) is -0.829. The molecule has 28 heavy (non-hydrogen) atoms. The molecule has 3 amide bonds. The Kier molecular flexibility index (Phi) is 4.68. The van der Waals surface area contributed by atoms with Gasteiger partial charge in [-0.15, -0.1) is 0 Å². The topological polar surface area (TPSA) is 70.6 Å². The maximum absolute atomic E-state index is 12.8. The van der Waals surface area contributed by atoms with Crippen LogP contribution in [-0.2, 0) is 4.79 Å². The Morgan fingerprint density at radius 2 is 1.86 bits per heavy atom. The van der Waals surface area contributed by atoms with Crippen LogP contribution in [0.4, 0.5) is 5.13 Å². The lowest BCUT2D eigenvalue weighted by atomic mass is 10.1. The Morgan fingerprint density at radius 3 is 2.61 bits per heavy atom. The van der Waals surface area contributed by atoms with Crippen molar-refractivity contribution in [2.24, 2.45) is 0 Å². The number of hydrogen-bond donors (Lipinski definition) is 0. The molecule has 0 spiro atoms. The van der Waals surface area contributed by atoms with Gasteiger partial charge in [-0.2, -0.15) is 0 Å². The molecule has 3 aromatic rings. The molecule has 2 heterocycles. The van der Waals surface area contributed by atoms with E-state index in [0.717, 1.165) is 20.7 Å². The molecule has 0 radical (unpaired) electrons. The van der Waals surface area contributed by atoms with E-state index in [1.807, 2.05) is 44.2 Å². The lowest BCUT2D eigenvalue weighted by Crippen LogP contribution is -2.36. The number of aryl methyl sites for hydroxylation is 1. The van der Waals surface area contributed by atoms with Gasteiger partial charge in [0.1, 0.15) is 0 Å². The van der Waals surface area contributed by atoms with Gasteiger partial charge < -0.3 is 0 Å². The normalized spacial score (nSPS) is 13.3. The highest BCUT2D eigenvalue weighted by molar-refractivity contribution is 7.22. The molecule has 7 heteroatoms. The molecule has 0 saturated carbocycles. The molecule has 0 aliphatic carbocycles. The van der Waals surface area contributed by atoms with Crippen LogP contribution in [0.2, 0.25) is 0 Å². The van der Waals surface area contributed by atoms with Crippen LogP contribution in [-0.4, -0.2) is 40.7 Å². The third kappa shape index (κ3) is 3.07. The van der Waals surface area contributed by atoms with Crippen LogP contribution in [0.5, 0.6) is 0 Å². The molecule has 0 fully saturated rings. The van der Waals surface area contributed by atoms with E-state index in [1.165, 1.54) is 11.3 Å². The van der Waals surface area contributed by atoms with E-state index in [9.17, 15) is 14.4 Å². The van der Waals surface area contributed by atoms with Crippen LogP contribution >= 0.6 is 11.3 Å². The van der Waals surface area contributed by atoms with Crippen molar-refractivity contribution < 1.29 is 14.4 Å². The highest BCUT2D eigenvalue weighted by atomic mass is 32.1. The number of carbonyl (C=O) groups excluding carboxylic acids is 3. The molecule has 4 rings (SSSR count).